The first kappa shape index (κ1) is 30.2. The maximum Gasteiger partial charge on any atom is 0.176 e. The van der Waals surface area contributed by atoms with E-state index in [1.54, 1.807) is 32.2 Å². The Bertz CT molecular complexity index is 1420. The fourth-order valence-electron chi connectivity index (χ4n) is 5.74. The first-order valence-corrected chi connectivity index (χ1v) is 13.9. The van der Waals surface area contributed by atoms with Crippen molar-refractivity contribution in [2.75, 3.05) is 7.11 Å². The number of hydrogen-bond donors (Lipinski definition) is 0. The summed E-state index contributed by atoms with van der Waals surface area (Å²) in [6.07, 6.45) is 5.95. The lowest BCUT2D eigenvalue weighted by Crippen LogP contribution is -2.21. The van der Waals surface area contributed by atoms with E-state index in [0.717, 1.165) is 36.0 Å². The third kappa shape index (κ3) is 7.13. The van der Waals surface area contributed by atoms with Gasteiger partial charge in [0.1, 0.15) is 34.8 Å². The molecule has 0 aliphatic heterocycles. The lowest BCUT2D eigenvalue weighted by atomic mass is 9.81. The number of allylic oxidation sites excluding steroid dienone is 2. The van der Waals surface area contributed by atoms with Crippen LogP contribution in [0.15, 0.2) is 60.7 Å². The Labute approximate surface area is 238 Å². The number of rotatable bonds is 12. The molecule has 1 aliphatic carbocycles. The van der Waals surface area contributed by atoms with Gasteiger partial charge in [-0.1, -0.05) is 49.8 Å². The summed E-state index contributed by atoms with van der Waals surface area (Å²) in [5.41, 5.74) is 2.32. The Morgan fingerprint density at radius 2 is 1.63 bits per heavy atom. The van der Waals surface area contributed by atoms with Gasteiger partial charge in [0, 0.05) is 30.4 Å². The van der Waals surface area contributed by atoms with Gasteiger partial charge in [0.15, 0.2) is 5.78 Å². The Morgan fingerprint density at radius 1 is 0.951 bits per heavy atom. The van der Waals surface area contributed by atoms with Crippen LogP contribution in [0.25, 0.3) is 5.57 Å². The molecule has 0 aromatic heterocycles. The number of carbonyl (C=O) groups excluding carboxylic acids is 2. The van der Waals surface area contributed by atoms with Crippen molar-refractivity contribution in [3.63, 3.8) is 0 Å². The van der Waals surface area contributed by atoms with Crippen molar-refractivity contribution in [1.29, 1.82) is 0 Å². The summed E-state index contributed by atoms with van der Waals surface area (Å²) in [5.74, 6) is -5.12. The van der Waals surface area contributed by atoms with Crippen LogP contribution in [0, 0.1) is 35.1 Å². The number of carbonyl (C=O) groups is 2. The van der Waals surface area contributed by atoms with E-state index in [0.29, 0.717) is 48.6 Å². The third-order valence-electron chi connectivity index (χ3n) is 7.89. The van der Waals surface area contributed by atoms with Crippen LogP contribution in [0.1, 0.15) is 78.9 Å². The van der Waals surface area contributed by atoms with Crippen LogP contribution in [0.4, 0.5) is 17.6 Å². The van der Waals surface area contributed by atoms with Crippen LogP contribution in [0.2, 0.25) is 0 Å². The second-order valence-electron chi connectivity index (χ2n) is 10.9. The molecule has 3 atom stereocenters. The van der Waals surface area contributed by atoms with Crippen molar-refractivity contribution in [2.45, 2.75) is 58.3 Å². The minimum atomic E-state index is -1.26. The highest BCUT2D eigenvalue weighted by atomic mass is 19.1. The lowest BCUT2D eigenvalue weighted by Gasteiger charge is -2.24. The summed E-state index contributed by atoms with van der Waals surface area (Å²) < 4.78 is 62.5. The average Bonchev–Trinajstić information content (AvgIpc) is 3.36. The van der Waals surface area contributed by atoms with E-state index in [2.05, 4.69) is 6.92 Å². The lowest BCUT2D eigenvalue weighted by molar-refractivity contribution is -0.117. The SMILES string of the molecule is COc1c(CCC(C)CCCC(C)=O)cccc1C1CC(c2ccc(F)cc2)=CC1C(=O)c1c(F)cc(F)cc1F. The molecule has 0 saturated heterocycles. The maximum atomic E-state index is 14.7. The highest BCUT2D eigenvalue weighted by Gasteiger charge is 2.38. The first-order valence-electron chi connectivity index (χ1n) is 13.9. The number of para-hydroxylation sites is 1. The number of ketones is 2. The summed E-state index contributed by atoms with van der Waals surface area (Å²) in [6, 6.07) is 12.5. The molecule has 0 bridgehead atoms. The topological polar surface area (TPSA) is 43.4 Å². The zero-order valence-electron chi connectivity index (χ0n) is 23.5. The second-order valence-corrected chi connectivity index (χ2v) is 10.9. The molecule has 1 aliphatic rings. The first-order chi connectivity index (χ1) is 19.6. The molecule has 0 fully saturated rings. The summed E-state index contributed by atoms with van der Waals surface area (Å²) in [6.45, 7) is 3.74. The van der Waals surface area contributed by atoms with Crippen molar-refractivity contribution < 1.29 is 31.9 Å². The molecule has 0 saturated carbocycles. The van der Waals surface area contributed by atoms with Gasteiger partial charge in [-0.25, -0.2) is 17.6 Å². The molecule has 216 valence electrons. The number of ether oxygens (including phenoxy) is 1. The zero-order chi connectivity index (χ0) is 29.7. The average molecular weight is 567 g/mol. The van der Waals surface area contributed by atoms with Gasteiger partial charge < -0.3 is 9.53 Å². The molecule has 0 N–H and O–H groups in total. The van der Waals surface area contributed by atoms with Crippen LogP contribution in [0.3, 0.4) is 0 Å². The monoisotopic (exact) mass is 566 g/mol. The van der Waals surface area contributed by atoms with E-state index in [9.17, 15) is 27.2 Å². The summed E-state index contributed by atoms with van der Waals surface area (Å²) >= 11 is 0. The van der Waals surface area contributed by atoms with E-state index in [1.807, 2.05) is 18.2 Å². The van der Waals surface area contributed by atoms with Crippen LogP contribution < -0.4 is 4.74 Å². The Kier molecular flexibility index (Phi) is 9.79. The Balaban J connectivity index is 1.68. The molecule has 4 rings (SSSR count). The van der Waals surface area contributed by atoms with Gasteiger partial charge in [0.05, 0.1) is 12.7 Å². The third-order valence-corrected chi connectivity index (χ3v) is 7.89. The van der Waals surface area contributed by atoms with Gasteiger partial charge in [-0.2, -0.15) is 0 Å². The maximum absolute atomic E-state index is 14.7. The standard InChI is InChI=1S/C34H34F4O3/c1-20(6-4-7-21(2)39)10-11-23-8-5-9-27(34(23)41-3)28-16-24(22-12-14-25(35)15-13-22)17-29(28)33(40)32-30(37)18-26(36)19-31(32)38/h5,8-9,12-15,17-20,28-29H,4,6-7,10-11,16H2,1-3H3. The molecule has 0 spiro atoms. The van der Waals surface area contributed by atoms with E-state index < -0.39 is 46.5 Å². The minimum Gasteiger partial charge on any atom is -0.496 e. The quantitative estimate of drug-likeness (QED) is 0.163. The molecule has 0 amide bonds. The fourth-order valence-corrected chi connectivity index (χ4v) is 5.74. The largest absolute Gasteiger partial charge is 0.496 e. The molecule has 41 heavy (non-hydrogen) atoms. The Morgan fingerprint density at radius 3 is 2.27 bits per heavy atom. The number of Topliss-reactive ketones (excluding diaryl/α,β-unsaturated/α-hetero) is 2. The van der Waals surface area contributed by atoms with Crippen molar-refractivity contribution in [3.8, 4) is 5.75 Å². The molecule has 7 heteroatoms. The van der Waals surface area contributed by atoms with Gasteiger partial charge in [-0.3, -0.25) is 4.79 Å². The molecule has 0 heterocycles. The van der Waals surface area contributed by atoms with Gasteiger partial charge in [-0.05, 0) is 72.9 Å². The fraction of sp³-hybridized carbons (Fsp3) is 0.353. The molecule has 3 unspecified atom stereocenters. The van der Waals surface area contributed by atoms with Crippen LogP contribution in [-0.2, 0) is 11.2 Å². The number of halogens is 4. The molecule has 3 nitrogen and oxygen atoms in total. The molecule has 0 radical (unpaired) electrons. The summed E-state index contributed by atoms with van der Waals surface area (Å²) in [5, 5.41) is 0. The minimum absolute atomic E-state index is 0.182. The van der Waals surface area contributed by atoms with Crippen LogP contribution >= 0.6 is 0 Å². The number of benzene rings is 3. The van der Waals surface area contributed by atoms with Gasteiger partial charge in [0.25, 0.3) is 0 Å². The number of aryl methyl sites for hydroxylation is 1. The molecule has 3 aromatic carbocycles. The van der Waals surface area contributed by atoms with E-state index in [4.69, 9.17) is 4.74 Å². The van der Waals surface area contributed by atoms with Gasteiger partial charge >= 0.3 is 0 Å². The van der Waals surface area contributed by atoms with Crippen molar-refractivity contribution in [1.82, 2.24) is 0 Å². The highest BCUT2D eigenvalue weighted by Crippen LogP contribution is 2.48. The Hall–Kier alpha value is -3.74. The van der Waals surface area contributed by atoms with Gasteiger partial charge in [0.2, 0.25) is 0 Å². The van der Waals surface area contributed by atoms with E-state index >= 15 is 0 Å². The molecule has 3 aromatic rings. The van der Waals surface area contributed by atoms with Crippen molar-refractivity contribution >= 4 is 17.1 Å². The molecular formula is C34H34F4O3. The number of hydrogen-bond acceptors (Lipinski definition) is 3. The summed E-state index contributed by atoms with van der Waals surface area (Å²) in [4.78, 5) is 25.0. The van der Waals surface area contributed by atoms with Crippen LogP contribution in [0.5, 0.6) is 5.75 Å². The number of methoxy groups -OCH3 is 1. The normalized spacial score (nSPS) is 17.3. The van der Waals surface area contributed by atoms with E-state index in [1.165, 1.54) is 12.1 Å². The highest BCUT2D eigenvalue weighted by molar-refractivity contribution is 6.02. The predicted octanol–water partition coefficient (Wildman–Crippen LogP) is 8.65. The van der Waals surface area contributed by atoms with E-state index in [-0.39, 0.29) is 5.78 Å². The smallest absolute Gasteiger partial charge is 0.176 e. The zero-order valence-corrected chi connectivity index (χ0v) is 23.5. The molecular weight excluding hydrogens is 532 g/mol. The second kappa shape index (κ2) is 13.3. The van der Waals surface area contributed by atoms with Crippen molar-refractivity contribution in [2.24, 2.45) is 11.8 Å². The predicted molar refractivity (Wildman–Crippen MR) is 151 cm³/mol. The van der Waals surface area contributed by atoms with Gasteiger partial charge in [-0.15, -0.1) is 0 Å². The summed E-state index contributed by atoms with van der Waals surface area (Å²) in [7, 11) is 1.55. The van der Waals surface area contributed by atoms with Crippen LogP contribution in [-0.4, -0.2) is 18.7 Å². The van der Waals surface area contributed by atoms with Crippen molar-refractivity contribution in [3.05, 3.63) is 106 Å².